The van der Waals surface area contributed by atoms with E-state index in [4.69, 9.17) is 18.0 Å². The average Bonchev–Trinajstić information content (AvgIpc) is 2.26. The van der Waals surface area contributed by atoms with Crippen molar-refractivity contribution in [1.29, 1.82) is 0 Å². The Labute approximate surface area is 91.8 Å². The lowest BCUT2D eigenvalue weighted by atomic mass is 10.3. The van der Waals surface area contributed by atoms with Gasteiger partial charge in [0.1, 0.15) is 11.5 Å². The number of nitrogens with two attached hydrogens (primary N) is 1. The highest BCUT2D eigenvalue weighted by Crippen LogP contribution is 2.09. The molecule has 6 nitrogen and oxygen atoms in total. The number of anilines is 1. The van der Waals surface area contributed by atoms with Crippen molar-refractivity contribution in [2.75, 3.05) is 19.0 Å². The Morgan fingerprint density at radius 2 is 2.47 bits per heavy atom. The van der Waals surface area contributed by atoms with Crippen LogP contribution in [-0.2, 0) is 9.53 Å². The molecule has 0 fully saturated rings. The van der Waals surface area contributed by atoms with Gasteiger partial charge in [-0.2, -0.15) is 5.10 Å². The summed E-state index contributed by atoms with van der Waals surface area (Å²) < 4.78 is 4.46. The monoisotopic (exact) mass is 226 g/mol. The number of esters is 1. The van der Waals surface area contributed by atoms with Gasteiger partial charge in [-0.25, -0.2) is 0 Å². The van der Waals surface area contributed by atoms with E-state index in [-0.39, 0.29) is 11.5 Å². The van der Waals surface area contributed by atoms with Crippen LogP contribution < -0.4 is 11.1 Å². The molecule has 0 aliphatic carbocycles. The van der Waals surface area contributed by atoms with Gasteiger partial charge in [0.2, 0.25) is 0 Å². The van der Waals surface area contributed by atoms with Crippen LogP contribution >= 0.6 is 12.2 Å². The van der Waals surface area contributed by atoms with Crippen LogP contribution in [0.25, 0.3) is 0 Å². The number of aromatic nitrogens is 2. The van der Waals surface area contributed by atoms with Gasteiger partial charge >= 0.3 is 5.97 Å². The van der Waals surface area contributed by atoms with Crippen molar-refractivity contribution in [1.82, 2.24) is 10.2 Å². The molecular weight excluding hydrogens is 216 g/mol. The molecule has 15 heavy (non-hydrogen) atoms. The lowest BCUT2D eigenvalue weighted by Gasteiger charge is -2.07. The zero-order chi connectivity index (χ0) is 11.3. The number of hydrogen-bond donors (Lipinski definition) is 2. The summed E-state index contributed by atoms with van der Waals surface area (Å²) in [5.41, 5.74) is 6.01. The highest BCUT2D eigenvalue weighted by Gasteiger charge is 2.08. The maximum atomic E-state index is 10.9. The van der Waals surface area contributed by atoms with E-state index < -0.39 is 5.97 Å². The summed E-state index contributed by atoms with van der Waals surface area (Å²) in [6.45, 7) is -0.00912. The number of ether oxygens (including phenoxy) is 1. The first-order valence-corrected chi connectivity index (χ1v) is 4.48. The Hall–Kier alpha value is -1.76. The third-order valence-electron chi connectivity index (χ3n) is 1.61. The van der Waals surface area contributed by atoms with Gasteiger partial charge in [0.05, 0.1) is 18.9 Å². The fraction of sp³-hybridized carbons (Fsp3) is 0.250. The summed E-state index contributed by atoms with van der Waals surface area (Å²) in [6, 6.07) is 1.62. The van der Waals surface area contributed by atoms with Crippen LogP contribution in [0.3, 0.4) is 0 Å². The largest absolute Gasteiger partial charge is 0.468 e. The Bertz CT molecular complexity index is 383. The average molecular weight is 226 g/mol. The minimum absolute atomic E-state index is 0.00912. The summed E-state index contributed by atoms with van der Waals surface area (Å²) in [4.78, 5) is 11.1. The van der Waals surface area contributed by atoms with Crippen molar-refractivity contribution in [2.24, 2.45) is 5.73 Å². The van der Waals surface area contributed by atoms with Gasteiger partial charge in [-0.1, -0.05) is 12.2 Å². The number of carbonyl (C=O) groups is 1. The summed E-state index contributed by atoms with van der Waals surface area (Å²) in [6.07, 6.45) is 1.47. The number of rotatable bonds is 4. The van der Waals surface area contributed by atoms with Crippen molar-refractivity contribution >= 4 is 29.0 Å². The van der Waals surface area contributed by atoms with Crippen LogP contribution in [0.4, 0.5) is 5.82 Å². The van der Waals surface area contributed by atoms with Gasteiger partial charge in [-0.15, -0.1) is 5.10 Å². The first-order valence-electron chi connectivity index (χ1n) is 4.07. The fourth-order valence-electron chi connectivity index (χ4n) is 0.889. The Morgan fingerprint density at radius 1 is 1.73 bits per heavy atom. The van der Waals surface area contributed by atoms with Crippen LogP contribution in [0.15, 0.2) is 12.3 Å². The number of hydrogen-bond acceptors (Lipinski definition) is 6. The number of carbonyl (C=O) groups excluding carboxylic acids is 1. The normalized spacial score (nSPS) is 9.40. The van der Waals surface area contributed by atoms with Gasteiger partial charge in [0.25, 0.3) is 0 Å². The maximum Gasteiger partial charge on any atom is 0.325 e. The van der Waals surface area contributed by atoms with Crippen LogP contribution in [0.5, 0.6) is 0 Å². The molecule has 0 unspecified atom stereocenters. The standard InChI is InChI=1S/C8H10N4O2S/c1-14-6(13)4-10-8-5(7(9)15)2-3-11-12-8/h2-3H,4H2,1H3,(H2,9,15)(H,10,12). The minimum Gasteiger partial charge on any atom is -0.468 e. The van der Waals surface area contributed by atoms with Crippen molar-refractivity contribution < 1.29 is 9.53 Å². The maximum absolute atomic E-state index is 10.9. The summed E-state index contributed by atoms with van der Waals surface area (Å²) >= 11 is 4.81. The van der Waals surface area contributed by atoms with Crippen LogP contribution in [-0.4, -0.2) is 34.8 Å². The molecule has 1 aromatic rings. The molecule has 0 amide bonds. The lowest BCUT2D eigenvalue weighted by molar-refractivity contribution is -0.138. The molecule has 0 saturated carbocycles. The number of thiocarbonyl (C=S) groups is 1. The van der Waals surface area contributed by atoms with E-state index in [1.54, 1.807) is 6.07 Å². The third kappa shape index (κ3) is 3.13. The fourth-order valence-corrected chi connectivity index (χ4v) is 1.05. The zero-order valence-electron chi connectivity index (χ0n) is 8.06. The van der Waals surface area contributed by atoms with Gasteiger partial charge in [-0.3, -0.25) is 4.79 Å². The highest BCUT2D eigenvalue weighted by atomic mass is 32.1. The van der Waals surface area contributed by atoms with Crippen LogP contribution in [0, 0.1) is 0 Å². The number of nitrogens with one attached hydrogen (secondary N) is 1. The zero-order valence-corrected chi connectivity index (χ0v) is 8.87. The molecule has 0 aromatic carbocycles. The smallest absolute Gasteiger partial charge is 0.325 e. The quantitative estimate of drug-likeness (QED) is 0.538. The predicted octanol–water partition coefficient (Wildman–Crippen LogP) is -0.304. The SMILES string of the molecule is COC(=O)CNc1nnccc1C(N)=S. The molecule has 0 saturated heterocycles. The molecule has 0 aliphatic rings. The van der Waals surface area contributed by atoms with E-state index >= 15 is 0 Å². The number of nitrogens with zero attached hydrogens (tertiary/aromatic N) is 2. The molecule has 3 N–H and O–H groups in total. The molecule has 0 spiro atoms. The first-order chi connectivity index (χ1) is 7.15. The van der Waals surface area contributed by atoms with Gasteiger partial charge in [0.15, 0.2) is 5.82 Å². The Balaban J connectivity index is 2.76. The van der Waals surface area contributed by atoms with Crippen LogP contribution in [0.2, 0.25) is 0 Å². The molecule has 0 bridgehead atoms. The molecule has 0 radical (unpaired) electrons. The van der Waals surface area contributed by atoms with Crippen molar-refractivity contribution in [3.63, 3.8) is 0 Å². The van der Waals surface area contributed by atoms with Gasteiger partial charge in [-0.05, 0) is 6.07 Å². The molecule has 1 aromatic heterocycles. The summed E-state index contributed by atoms with van der Waals surface area (Å²) in [7, 11) is 1.30. The Kier molecular flexibility index (Phi) is 3.92. The molecule has 0 atom stereocenters. The van der Waals surface area contributed by atoms with Crippen molar-refractivity contribution in [3.8, 4) is 0 Å². The Morgan fingerprint density at radius 3 is 3.07 bits per heavy atom. The summed E-state index contributed by atoms with van der Waals surface area (Å²) in [5, 5.41) is 10.2. The second-order valence-corrected chi connectivity index (χ2v) is 3.03. The molecular formula is C8H10N4O2S. The van der Waals surface area contributed by atoms with Crippen LogP contribution in [0.1, 0.15) is 5.56 Å². The van der Waals surface area contributed by atoms with E-state index in [1.165, 1.54) is 13.3 Å². The van der Waals surface area contributed by atoms with E-state index in [1.807, 2.05) is 0 Å². The second-order valence-electron chi connectivity index (χ2n) is 2.59. The molecule has 80 valence electrons. The van der Waals surface area contributed by atoms with Gasteiger partial charge in [0, 0.05) is 0 Å². The molecule has 1 heterocycles. The highest BCUT2D eigenvalue weighted by molar-refractivity contribution is 7.80. The minimum atomic E-state index is -0.408. The molecule has 7 heteroatoms. The summed E-state index contributed by atoms with van der Waals surface area (Å²) in [5.74, 6) is -0.0371. The lowest BCUT2D eigenvalue weighted by Crippen LogP contribution is -2.20. The predicted molar refractivity (Wildman–Crippen MR) is 58.4 cm³/mol. The molecule has 0 aliphatic heterocycles. The molecule has 1 rings (SSSR count). The van der Waals surface area contributed by atoms with E-state index in [0.717, 1.165) is 0 Å². The van der Waals surface area contributed by atoms with Crippen molar-refractivity contribution in [3.05, 3.63) is 17.8 Å². The third-order valence-corrected chi connectivity index (χ3v) is 1.83. The first kappa shape index (κ1) is 11.3. The van der Waals surface area contributed by atoms with Crippen molar-refractivity contribution in [2.45, 2.75) is 0 Å². The topological polar surface area (TPSA) is 90.1 Å². The number of methoxy groups -OCH3 is 1. The second kappa shape index (κ2) is 5.20. The van der Waals surface area contributed by atoms with Gasteiger partial charge < -0.3 is 15.8 Å². The van der Waals surface area contributed by atoms with E-state index in [2.05, 4.69) is 20.3 Å². The van der Waals surface area contributed by atoms with E-state index in [9.17, 15) is 4.79 Å². The van der Waals surface area contributed by atoms with E-state index in [0.29, 0.717) is 11.4 Å².